The topological polar surface area (TPSA) is 72.8 Å². The molecule has 0 radical (unpaired) electrons. The number of benzene rings is 2. The molecular weight excluding hydrogens is 460 g/mol. The standard InChI is InChI=1S/C29H42O5S/c1-3-4-5-6-7-8-9-10-11-15-22-35(31,32)29(20-21-30)26-18-19-27(28(23-26)33-2)34-24-25-16-13-12-14-17-25/h12-14,16-20,23,30H,3-11,15,21-22,24H2,1-2H3/b29-20-. The molecule has 0 saturated carbocycles. The summed E-state index contributed by atoms with van der Waals surface area (Å²) in [5.41, 5.74) is 1.52. The number of rotatable bonds is 18. The number of aliphatic hydroxyl groups excluding tert-OH is 1. The molecule has 194 valence electrons. The molecule has 0 amide bonds. The van der Waals surface area contributed by atoms with Gasteiger partial charge in [-0.2, -0.15) is 0 Å². The van der Waals surface area contributed by atoms with E-state index in [4.69, 9.17) is 9.47 Å². The maximum absolute atomic E-state index is 13.1. The Hall–Kier alpha value is -2.31. The van der Waals surface area contributed by atoms with Gasteiger partial charge in [0, 0.05) is 0 Å². The average molecular weight is 503 g/mol. The fourth-order valence-corrected chi connectivity index (χ4v) is 5.69. The molecule has 2 aromatic rings. The highest BCUT2D eigenvalue weighted by Crippen LogP contribution is 2.33. The molecule has 2 rings (SSSR count). The summed E-state index contributed by atoms with van der Waals surface area (Å²) >= 11 is 0. The van der Waals surface area contributed by atoms with Gasteiger partial charge in [-0.1, -0.05) is 95.0 Å². The Morgan fingerprint density at radius 3 is 2.09 bits per heavy atom. The molecule has 0 aliphatic heterocycles. The third-order valence-electron chi connectivity index (χ3n) is 6.06. The molecule has 0 aliphatic carbocycles. The van der Waals surface area contributed by atoms with Crippen LogP contribution in [0.2, 0.25) is 0 Å². The number of sulfone groups is 1. The largest absolute Gasteiger partial charge is 0.493 e. The lowest BCUT2D eigenvalue weighted by Crippen LogP contribution is -2.10. The highest BCUT2D eigenvalue weighted by molar-refractivity contribution is 8.00. The van der Waals surface area contributed by atoms with Crippen LogP contribution in [0.1, 0.15) is 82.3 Å². The van der Waals surface area contributed by atoms with E-state index in [0.29, 0.717) is 30.1 Å². The van der Waals surface area contributed by atoms with Crippen LogP contribution >= 0.6 is 0 Å². The molecule has 0 spiro atoms. The summed E-state index contributed by atoms with van der Waals surface area (Å²) in [4.78, 5) is 0.142. The van der Waals surface area contributed by atoms with Crippen LogP contribution < -0.4 is 9.47 Å². The number of ether oxygens (including phenoxy) is 2. The van der Waals surface area contributed by atoms with E-state index in [1.54, 1.807) is 18.2 Å². The summed E-state index contributed by atoms with van der Waals surface area (Å²) in [5.74, 6) is 1.07. The van der Waals surface area contributed by atoms with Gasteiger partial charge in [-0.3, -0.25) is 0 Å². The number of hydrogen-bond acceptors (Lipinski definition) is 5. The van der Waals surface area contributed by atoms with Gasteiger partial charge in [-0.05, 0) is 41.8 Å². The van der Waals surface area contributed by atoms with Gasteiger partial charge in [0.2, 0.25) is 0 Å². The van der Waals surface area contributed by atoms with Crippen LogP contribution in [-0.4, -0.2) is 33.0 Å². The summed E-state index contributed by atoms with van der Waals surface area (Å²) in [6, 6.07) is 14.9. The molecule has 0 heterocycles. The van der Waals surface area contributed by atoms with Crippen molar-refractivity contribution in [3.63, 3.8) is 0 Å². The second-order valence-corrected chi connectivity index (χ2v) is 11.0. The van der Waals surface area contributed by atoms with E-state index in [1.165, 1.54) is 51.7 Å². The molecule has 35 heavy (non-hydrogen) atoms. The molecule has 0 aliphatic rings. The third kappa shape index (κ3) is 10.5. The first-order chi connectivity index (χ1) is 17.0. The Bertz CT molecular complexity index is 983. The van der Waals surface area contributed by atoms with Gasteiger partial charge in [0.1, 0.15) is 6.61 Å². The molecular formula is C29H42O5S. The normalized spacial score (nSPS) is 12.0. The number of hydrogen-bond donors (Lipinski definition) is 1. The molecule has 6 heteroatoms. The van der Waals surface area contributed by atoms with E-state index in [0.717, 1.165) is 24.8 Å². The van der Waals surface area contributed by atoms with Crippen molar-refractivity contribution in [1.82, 2.24) is 0 Å². The first-order valence-corrected chi connectivity index (χ1v) is 14.6. The summed E-state index contributed by atoms with van der Waals surface area (Å²) in [5, 5.41) is 9.50. The fraction of sp³-hybridized carbons (Fsp3) is 0.517. The van der Waals surface area contributed by atoms with Gasteiger partial charge in [0.25, 0.3) is 0 Å². The van der Waals surface area contributed by atoms with Crippen molar-refractivity contribution in [1.29, 1.82) is 0 Å². The monoisotopic (exact) mass is 502 g/mol. The predicted octanol–water partition coefficient (Wildman–Crippen LogP) is 6.94. The summed E-state index contributed by atoms with van der Waals surface area (Å²) in [7, 11) is -2.00. The zero-order valence-electron chi connectivity index (χ0n) is 21.4. The number of unbranched alkanes of at least 4 members (excludes halogenated alkanes) is 9. The summed E-state index contributed by atoms with van der Waals surface area (Å²) in [6.45, 7) is 2.26. The van der Waals surface area contributed by atoms with Gasteiger partial charge in [-0.15, -0.1) is 0 Å². The van der Waals surface area contributed by atoms with Crippen molar-refractivity contribution >= 4 is 14.7 Å². The van der Waals surface area contributed by atoms with Crippen molar-refractivity contribution in [2.24, 2.45) is 0 Å². The summed E-state index contributed by atoms with van der Waals surface area (Å²) in [6.07, 6.45) is 12.8. The molecule has 0 saturated heterocycles. The van der Waals surface area contributed by atoms with Crippen molar-refractivity contribution < 1.29 is 23.0 Å². The van der Waals surface area contributed by atoms with E-state index >= 15 is 0 Å². The molecule has 1 N–H and O–H groups in total. The SMILES string of the molecule is CCCCCCCCCCCCS(=O)(=O)/C(=C\CO)c1ccc(OCc2ccccc2)c(OC)c1. The molecule has 0 atom stereocenters. The van der Waals surface area contributed by atoms with Gasteiger partial charge in [0.05, 0.1) is 24.4 Å². The van der Waals surface area contributed by atoms with Gasteiger partial charge in [0.15, 0.2) is 21.3 Å². The second kappa shape index (κ2) is 16.4. The maximum Gasteiger partial charge on any atom is 0.178 e. The van der Waals surface area contributed by atoms with Crippen molar-refractivity contribution in [2.75, 3.05) is 19.5 Å². The summed E-state index contributed by atoms with van der Waals surface area (Å²) < 4.78 is 37.6. The van der Waals surface area contributed by atoms with Gasteiger partial charge < -0.3 is 14.6 Å². The molecule has 5 nitrogen and oxygen atoms in total. The van der Waals surface area contributed by atoms with E-state index in [-0.39, 0.29) is 17.3 Å². The molecule has 2 aromatic carbocycles. The van der Waals surface area contributed by atoms with Crippen LogP contribution in [0.15, 0.2) is 54.6 Å². The van der Waals surface area contributed by atoms with Crippen LogP contribution in [0.25, 0.3) is 4.91 Å². The zero-order valence-corrected chi connectivity index (χ0v) is 22.2. The zero-order chi connectivity index (χ0) is 25.4. The van der Waals surface area contributed by atoms with E-state index in [2.05, 4.69) is 6.92 Å². The average Bonchev–Trinajstić information content (AvgIpc) is 2.87. The third-order valence-corrected chi connectivity index (χ3v) is 7.96. The maximum atomic E-state index is 13.1. The molecule has 0 aromatic heterocycles. The minimum absolute atomic E-state index is 0.0733. The minimum Gasteiger partial charge on any atom is -0.493 e. The predicted molar refractivity (Wildman–Crippen MR) is 144 cm³/mol. The van der Waals surface area contributed by atoms with Crippen LogP contribution in [0.4, 0.5) is 0 Å². The van der Waals surface area contributed by atoms with Crippen LogP contribution in [-0.2, 0) is 16.4 Å². The Morgan fingerprint density at radius 1 is 0.857 bits per heavy atom. The van der Waals surface area contributed by atoms with E-state index < -0.39 is 9.84 Å². The lowest BCUT2D eigenvalue weighted by molar-refractivity contribution is 0.284. The molecule has 0 unspecified atom stereocenters. The Kier molecular flexibility index (Phi) is 13.5. The van der Waals surface area contributed by atoms with E-state index in [1.807, 2.05) is 30.3 Å². The quantitative estimate of drug-likeness (QED) is 0.223. The van der Waals surface area contributed by atoms with Crippen molar-refractivity contribution in [2.45, 2.75) is 77.7 Å². The van der Waals surface area contributed by atoms with Gasteiger partial charge in [-0.25, -0.2) is 8.42 Å². The highest BCUT2D eigenvalue weighted by atomic mass is 32.2. The van der Waals surface area contributed by atoms with Crippen LogP contribution in [0.3, 0.4) is 0 Å². The first kappa shape index (κ1) is 28.9. The fourth-order valence-electron chi connectivity index (χ4n) is 4.07. The highest BCUT2D eigenvalue weighted by Gasteiger charge is 2.21. The lowest BCUT2D eigenvalue weighted by atomic mass is 10.1. The minimum atomic E-state index is -3.53. The van der Waals surface area contributed by atoms with Crippen LogP contribution in [0, 0.1) is 0 Å². The Morgan fingerprint density at radius 2 is 1.49 bits per heavy atom. The number of methoxy groups -OCH3 is 1. The number of aliphatic hydroxyl groups is 1. The first-order valence-electron chi connectivity index (χ1n) is 12.9. The van der Waals surface area contributed by atoms with Crippen molar-refractivity contribution in [3.8, 4) is 11.5 Å². The van der Waals surface area contributed by atoms with E-state index in [9.17, 15) is 13.5 Å². The van der Waals surface area contributed by atoms with Gasteiger partial charge >= 0.3 is 0 Å². The lowest BCUT2D eigenvalue weighted by Gasteiger charge is -2.14. The molecule has 0 bridgehead atoms. The Balaban J connectivity index is 1.93. The molecule has 0 fully saturated rings. The Labute approximate surface area is 212 Å². The smallest absolute Gasteiger partial charge is 0.178 e. The van der Waals surface area contributed by atoms with Crippen LogP contribution in [0.5, 0.6) is 11.5 Å². The van der Waals surface area contributed by atoms with Crippen molar-refractivity contribution in [3.05, 3.63) is 65.7 Å². The second-order valence-electron chi connectivity index (χ2n) is 8.89.